The molecule has 7 aromatic carbocycles. The number of pyridine rings is 1. The molecule has 0 N–H and O–H groups in total. The lowest BCUT2D eigenvalue weighted by molar-refractivity contribution is 1.16. The van der Waals surface area contributed by atoms with E-state index >= 15 is 0 Å². The molecule has 0 aliphatic rings. The molecule has 0 aliphatic heterocycles. The number of nitriles is 1. The Labute approximate surface area is 315 Å². The van der Waals surface area contributed by atoms with E-state index in [0.717, 1.165) is 83.0 Å². The van der Waals surface area contributed by atoms with Crippen LogP contribution in [0.1, 0.15) is 5.56 Å². The second-order valence-electron chi connectivity index (χ2n) is 13.9. The summed E-state index contributed by atoms with van der Waals surface area (Å²) in [5, 5.41) is 15.2. The number of fused-ring (bicyclic) bond motifs is 9. The van der Waals surface area contributed by atoms with E-state index in [1.165, 1.54) is 10.8 Å². The molecular formula is C49H28N6. The Morgan fingerprint density at radius 2 is 1.09 bits per heavy atom. The minimum atomic E-state index is 0.551. The molecule has 0 radical (unpaired) electrons. The Bertz CT molecular complexity index is 3460. The smallest absolute Gasteiger partial charge is 0.189 e. The summed E-state index contributed by atoms with van der Waals surface area (Å²) in [6.45, 7) is 8.09. The molecule has 4 heterocycles. The van der Waals surface area contributed by atoms with Crippen molar-refractivity contribution in [3.05, 3.63) is 187 Å². The fraction of sp³-hybridized carbons (Fsp3) is 0. The summed E-state index contributed by atoms with van der Waals surface area (Å²) in [4.78, 5) is 8.86. The molecule has 11 aromatic rings. The first-order chi connectivity index (χ1) is 27.2. The van der Waals surface area contributed by atoms with Crippen LogP contribution in [0.15, 0.2) is 170 Å². The van der Waals surface area contributed by atoms with Gasteiger partial charge in [-0.05, 0) is 108 Å². The molecule has 0 bridgehead atoms. The van der Waals surface area contributed by atoms with Crippen LogP contribution in [0, 0.1) is 17.9 Å². The largest absolute Gasteiger partial charge is 0.310 e. The molecule has 254 valence electrons. The molecule has 0 saturated carbocycles. The van der Waals surface area contributed by atoms with Crippen molar-refractivity contribution in [3.8, 4) is 34.3 Å². The maximum absolute atomic E-state index is 9.67. The zero-order valence-corrected chi connectivity index (χ0v) is 29.3. The van der Waals surface area contributed by atoms with E-state index in [9.17, 15) is 5.26 Å². The Morgan fingerprint density at radius 3 is 1.87 bits per heavy atom. The number of rotatable bonds is 4. The van der Waals surface area contributed by atoms with Gasteiger partial charge < -0.3 is 13.7 Å². The van der Waals surface area contributed by atoms with Crippen molar-refractivity contribution >= 4 is 71.2 Å². The van der Waals surface area contributed by atoms with E-state index in [0.29, 0.717) is 11.3 Å². The van der Waals surface area contributed by atoms with Gasteiger partial charge in [0.2, 0.25) is 0 Å². The van der Waals surface area contributed by atoms with Crippen molar-refractivity contribution < 1.29 is 0 Å². The van der Waals surface area contributed by atoms with E-state index in [2.05, 4.69) is 140 Å². The second-order valence-corrected chi connectivity index (χ2v) is 13.9. The standard InChI is InChI=1S/C49H28N6/c1-51-34-24-33(26-37(27-34)55-44-18-8-5-15-38(44)40-23-31(30-50)20-21-45(40)55)32-11-9-14-36(25-32)54-46-19-10-22-52-49(46)42-28-41-39-16-6-7-17-43(39)53(47(41)29-48(42)54)35-12-3-2-4-13-35/h2-29H. The van der Waals surface area contributed by atoms with Gasteiger partial charge in [-0.3, -0.25) is 4.98 Å². The maximum Gasteiger partial charge on any atom is 0.189 e. The van der Waals surface area contributed by atoms with Gasteiger partial charge in [0.15, 0.2) is 5.69 Å². The van der Waals surface area contributed by atoms with Crippen molar-refractivity contribution in [2.75, 3.05) is 0 Å². The van der Waals surface area contributed by atoms with Crippen molar-refractivity contribution in [1.82, 2.24) is 18.7 Å². The summed E-state index contributed by atoms with van der Waals surface area (Å²) >= 11 is 0. The Hall–Kier alpha value is -7.93. The third-order valence-electron chi connectivity index (χ3n) is 10.9. The van der Waals surface area contributed by atoms with Gasteiger partial charge in [-0.25, -0.2) is 4.85 Å². The SMILES string of the molecule is [C-]#[N+]c1cc(-c2cccc(-n3c4cc5c(cc4c4ncccc43)c3ccccc3n5-c3ccccc3)c2)cc(-n2c3ccccc3c3cc(C#N)ccc32)c1. The zero-order chi connectivity index (χ0) is 36.6. The first kappa shape index (κ1) is 30.7. The van der Waals surface area contributed by atoms with Crippen molar-refractivity contribution in [2.45, 2.75) is 0 Å². The molecule has 0 aliphatic carbocycles. The lowest BCUT2D eigenvalue weighted by Gasteiger charge is -2.14. The average molecular weight is 701 g/mol. The van der Waals surface area contributed by atoms with Gasteiger partial charge in [0.25, 0.3) is 0 Å². The predicted molar refractivity (Wildman–Crippen MR) is 224 cm³/mol. The Balaban J connectivity index is 1.14. The monoisotopic (exact) mass is 700 g/mol. The summed E-state index contributed by atoms with van der Waals surface area (Å²) < 4.78 is 6.86. The van der Waals surface area contributed by atoms with Crippen LogP contribution >= 0.6 is 0 Å². The summed E-state index contributed by atoms with van der Waals surface area (Å²) in [5.41, 5.74) is 13.4. The summed E-state index contributed by atoms with van der Waals surface area (Å²) in [5.74, 6) is 0. The third-order valence-corrected chi connectivity index (χ3v) is 10.9. The molecule has 55 heavy (non-hydrogen) atoms. The molecule has 0 atom stereocenters. The van der Waals surface area contributed by atoms with Gasteiger partial charge >= 0.3 is 0 Å². The third kappa shape index (κ3) is 4.56. The molecule has 4 aromatic heterocycles. The fourth-order valence-corrected chi connectivity index (χ4v) is 8.53. The maximum atomic E-state index is 9.67. The number of benzene rings is 7. The van der Waals surface area contributed by atoms with E-state index in [-0.39, 0.29) is 0 Å². The molecule has 0 fully saturated rings. The normalized spacial score (nSPS) is 11.6. The second kappa shape index (κ2) is 11.8. The van der Waals surface area contributed by atoms with Crippen molar-refractivity contribution in [2.24, 2.45) is 0 Å². The molecule has 0 amide bonds. The van der Waals surface area contributed by atoms with Gasteiger partial charge in [0.1, 0.15) is 0 Å². The lowest BCUT2D eigenvalue weighted by Crippen LogP contribution is -1.97. The first-order valence-corrected chi connectivity index (χ1v) is 18.1. The van der Waals surface area contributed by atoms with Gasteiger partial charge in [-0.15, -0.1) is 0 Å². The first-order valence-electron chi connectivity index (χ1n) is 18.1. The van der Waals surface area contributed by atoms with E-state index < -0.39 is 0 Å². The van der Waals surface area contributed by atoms with Crippen LogP contribution in [-0.2, 0) is 0 Å². The fourth-order valence-electron chi connectivity index (χ4n) is 8.53. The van der Waals surface area contributed by atoms with E-state index in [1.54, 1.807) is 0 Å². The van der Waals surface area contributed by atoms with Crippen molar-refractivity contribution in [1.29, 1.82) is 5.26 Å². The van der Waals surface area contributed by atoms with E-state index in [1.807, 2.05) is 54.7 Å². The molecular weight excluding hydrogens is 673 g/mol. The Morgan fingerprint density at radius 1 is 0.455 bits per heavy atom. The minimum absolute atomic E-state index is 0.551. The number of hydrogen-bond donors (Lipinski definition) is 0. The van der Waals surface area contributed by atoms with Gasteiger partial charge in [0.05, 0.1) is 56.8 Å². The van der Waals surface area contributed by atoms with Crippen LogP contribution in [0.3, 0.4) is 0 Å². The molecule has 6 nitrogen and oxygen atoms in total. The van der Waals surface area contributed by atoms with Gasteiger partial charge in [0, 0.05) is 50.2 Å². The lowest BCUT2D eigenvalue weighted by atomic mass is 10.0. The molecule has 11 rings (SSSR count). The highest BCUT2D eigenvalue weighted by molar-refractivity contribution is 6.18. The number of nitrogens with zero attached hydrogens (tertiary/aromatic N) is 6. The molecule has 6 heteroatoms. The number of aromatic nitrogens is 4. The van der Waals surface area contributed by atoms with E-state index in [4.69, 9.17) is 11.6 Å². The zero-order valence-electron chi connectivity index (χ0n) is 29.3. The van der Waals surface area contributed by atoms with Crippen molar-refractivity contribution in [3.63, 3.8) is 0 Å². The highest BCUT2D eigenvalue weighted by Gasteiger charge is 2.20. The molecule has 0 unspecified atom stereocenters. The van der Waals surface area contributed by atoms with Crippen LogP contribution < -0.4 is 0 Å². The highest BCUT2D eigenvalue weighted by atomic mass is 15.0. The van der Waals surface area contributed by atoms with Gasteiger partial charge in [-0.1, -0.05) is 66.7 Å². The van der Waals surface area contributed by atoms with Crippen LogP contribution in [-0.4, -0.2) is 18.7 Å². The molecule has 0 spiro atoms. The summed E-state index contributed by atoms with van der Waals surface area (Å²) in [6.07, 6.45) is 1.87. The highest BCUT2D eigenvalue weighted by Crippen LogP contribution is 2.40. The van der Waals surface area contributed by atoms with Crippen LogP contribution in [0.5, 0.6) is 0 Å². The predicted octanol–water partition coefficient (Wildman–Crippen LogP) is 12.5. The Kier molecular flexibility index (Phi) is 6.58. The van der Waals surface area contributed by atoms with Crippen LogP contribution in [0.4, 0.5) is 5.69 Å². The number of hydrogen-bond acceptors (Lipinski definition) is 2. The molecule has 0 saturated heterocycles. The van der Waals surface area contributed by atoms with Gasteiger partial charge in [-0.2, -0.15) is 5.26 Å². The van der Waals surface area contributed by atoms with Crippen LogP contribution in [0.25, 0.3) is 98.6 Å². The van der Waals surface area contributed by atoms with Crippen LogP contribution in [0.2, 0.25) is 0 Å². The minimum Gasteiger partial charge on any atom is -0.310 e. The summed E-state index contributed by atoms with van der Waals surface area (Å²) in [7, 11) is 0. The number of para-hydroxylation sites is 3. The topological polar surface area (TPSA) is 55.8 Å². The average Bonchev–Trinajstić information content (AvgIpc) is 3.88. The quantitative estimate of drug-likeness (QED) is 0.172. The summed E-state index contributed by atoms with van der Waals surface area (Å²) in [6, 6.07) is 58.8.